The molecule has 0 bridgehead atoms. The Morgan fingerprint density at radius 2 is 1.68 bits per heavy atom. The van der Waals surface area contributed by atoms with Gasteiger partial charge in [-0.15, -0.1) is 10.2 Å². The SMILES string of the molecule is Cc1ccc(Nc2ccc(N3CCN(S(=O)(=O)c4cc(Cl)ccc4Cl)CC3)nn2)nc1. The summed E-state index contributed by atoms with van der Waals surface area (Å²) in [6.07, 6.45) is 1.77. The van der Waals surface area contributed by atoms with Crippen LogP contribution in [-0.4, -0.2) is 54.1 Å². The molecule has 2 aromatic heterocycles. The average Bonchev–Trinajstić information content (AvgIpc) is 2.77. The number of piperazine rings is 1. The molecule has 0 unspecified atom stereocenters. The highest BCUT2D eigenvalue weighted by molar-refractivity contribution is 7.89. The van der Waals surface area contributed by atoms with Gasteiger partial charge in [-0.25, -0.2) is 13.4 Å². The number of sulfonamides is 1. The maximum absolute atomic E-state index is 13.0. The van der Waals surface area contributed by atoms with E-state index in [0.29, 0.717) is 48.7 Å². The molecule has 0 radical (unpaired) electrons. The summed E-state index contributed by atoms with van der Waals surface area (Å²) in [7, 11) is -3.73. The molecule has 0 amide bonds. The molecular weight excluding hydrogens is 459 g/mol. The van der Waals surface area contributed by atoms with E-state index in [0.717, 1.165) is 5.56 Å². The van der Waals surface area contributed by atoms with Crippen molar-refractivity contribution in [2.75, 3.05) is 36.4 Å². The molecule has 1 N–H and O–H groups in total. The molecule has 1 fully saturated rings. The minimum absolute atomic E-state index is 0.0232. The van der Waals surface area contributed by atoms with Crippen LogP contribution in [0.4, 0.5) is 17.5 Å². The Labute approximate surface area is 190 Å². The van der Waals surface area contributed by atoms with Gasteiger partial charge < -0.3 is 10.2 Å². The molecule has 1 aromatic carbocycles. The van der Waals surface area contributed by atoms with Crippen LogP contribution in [0.15, 0.2) is 53.6 Å². The first-order valence-corrected chi connectivity index (χ1v) is 11.8. The van der Waals surface area contributed by atoms with Gasteiger partial charge in [0.2, 0.25) is 10.0 Å². The summed E-state index contributed by atoms with van der Waals surface area (Å²) in [5, 5.41) is 12.1. The van der Waals surface area contributed by atoms with Crippen LogP contribution in [0, 0.1) is 6.92 Å². The zero-order valence-electron chi connectivity index (χ0n) is 16.7. The second-order valence-corrected chi connectivity index (χ2v) is 9.84. The molecule has 8 nitrogen and oxygen atoms in total. The van der Waals surface area contributed by atoms with Crippen LogP contribution in [0.3, 0.4) is 0 Å². The predicted octanol–water partition coefficient (Wildman–Crippen LogP) is 3.74. The zero-order valence-corrected chi connectivity index (χ0v) is 19.0. The summed E-state index contributed by atoms with van der Waals surface area (Å²) in [4.78, 5) is 6.30. The molecule has 11 heteroatoms. The number of anilines is 3. The van der Waals surface area contributed by atoms with Crippen molar-refractivity contribution in [3.05, 3.63) is 64.3 Å². The molecule has 31 heavy (non-hydrogen) atoms. The maximum Gasteiger partial charge on any atom is 0.244 e. The van der Waals surface area contributed by atoms with Crippen molar-refractivity contribution in [2.45, 2.75) is 11.8 Å². The number of rotatable bonds is 5. The molecule has 162 valence electrons. The number of hydrogen-bond acceptors (Lipinski definition) is 7. The molecule has 0 atom stereocenters. The average molecular weight is 479 g/mol. The molecule has 0 aliphatic carbocycles. The van der Waals surface area contributed by atoms with Crippen molar-refractivity contribution in [2.24, 2.45) is 0 Å². The van der Waals surface area contributed by atoms with Crippen LogP contribution in [-0.2, 0) is 10.0 Å². The van der Waals surface area contributed by atoms with E-state index in [2.05, 4.69) is 20.5 Å². The van der Waals surface area contributed by atoms with E-state index in [-0.39, 0.29) is 9.92 Å². The molecule has 3 aromatic rings. The molecule has 1 aliphatic heterocycles. The lowest BCUT2D eigenvalue weighted by Gasteiger charge is -2.34. The second kappa shape index (κ2) is 8.96. The number of aryl methyl sites for hydroxylation is 1. The van der Waals surface area contributed by atoms with E-state index in [4.69, 9.17) is 23.2 Å². The quantitative estimate of drug-likeness (QED) is 0.596. The third-order valence-electron chi connectivity index (χ3n) is 4.89. The topological polar surface area (TPSA) is 91.3 Å². The largest absolute Gasteiger partial charge is 0.352 e. The lowest BCUT2D eigenvalue weighted by molar-refractivity contribution is 0.383. The van der Waals surface area contributed by atoms with Gasteiger partial charge in [0.05, 0.1) is 5.02 Å². The smallest absolute Gasteiger partial charge is 0.244 e. The number of nitrogens with zero attached hydrogens (tertiary/aromatic N) is 5. The highest BCUT2D eigenvalue weighted by Crippen LogP contribution is 2.28. The van der Waals surface area contributed by atoms with Gasteiger partial charge in [0.1, 0.15) is 10.7 Å². The minimum Gasteiger partial charge on any atom is -0.352 e. The highest BCUT2D eigenvalue weighted by atomic mass is 35.5. The monoisotopic (exact) mass is 478 g/mol. The molecular formula is C20H20Cl2N6O2S. The summed E-state index contributed by atoms with van der Waals surface area (Å²) in [5.41, 5.74) is 1.07. The summed E-state index contributed by atoms with van der Waals surface area (Å²) in [6.45, 7) is 3.55. The predicted molar refractivity (Wildman–Crippen MR) is 122 cm³/mol. The zero-order chi connectivity index (χ0) is 22.0. The number of hydrogen-bond donors (Lipinski definition) is 1. The van der Waals surface area contributed by atoms with Crippen molar-refractivity contribution in [3.63, 3.8) is 0 Å². The summed E-state index contributed by atoms with van der Waals surface area (Å²) >= 11 is 12.1. The van der Waals surface area contributed by atoms with E-state index in [1.165, 1.54) is 16.4 Å². The Hall–Kier alpha value is -2.46. The molecule has 0 spiro atoms. The first-order chi connectivity index (χ1) is 14.8. The van der Waals surface area contributed by atoms with Crippen molar-refractivity contribution >= 4 is 50.7 Å². The van der Waals surface area contributed by atoms with Crippen LogP contribution in [0.25, 0.3) is 0 Å². The highest BCUT2D eigenvalue weighted by Gasteiger charge is 2.30. The Morgan fingerprint density at radius 1 is 0.935 bits per heavy atom. The van der Waals surface area contributed by atoms with Crippen molar-refractivity contribution in [1.82, 2.24) is 19.5 Å². The number of benzene rings is 1. The molecule has 0 saturated carbocycles. The fraction of sp³-hybridized carbons (Fsp3) is 0.250. The number of nitrogens with one attached hydrogen (secondary N) is 1. The van der Waals surface area contributed by atoms with Gasteiger partial charge >= 0.3 is 0 Å². The Kier molecular flexibility index (Phi) is 6.29. The normalized spacial score (nSPS) is 15.1. The Morgan fingerprint density at radius 3 is 2.32 bits per heavy atom. The van der Waals surface area contributed by atoms with Gasteiger partial charge in [-0.2, -0.15) is 4.31 Å². The van der Waals surface area contributed by atoms with E-state index < -0.39 is 10.0 Å². The second-order valence-electron chi connectivity index (χ2n) is 7.09. The van der Waals surface area contributed by atoms with E-state index in [1.54, 1.807) is 12.3 Å². The van der Waals surface area contributed by atoms with Crippen LogP contribution in [0.2, 0.25) is 10.0 Å². The lowest BCUT2D eigenvalue weighted by Crippen LogP contribution is -2.49. The Balaban J connectivity index is 1.40. The maximum atomic E-state index is 13.0. The fourth-order valence-corrected chi connectivity index (χ4v) is 5.36. The third kappa shape index (κ3) is 4.90. The minimum atomic E-state index is -3.73. The number of halogens is 2. The van der Waals surface area contributed by atoms with Gasteiger partial charge in [0.15, 0.2) is 11.6 Å². The van der Waals surface area contributed by atoms with E-state index >= 15 is 0 Å². The van der Waals surface area contributed by atoms with Crippen LogP contribution in [0.5, 0.6) is 0 Å². The third-order valence-corrected chi connectivity index (χ3v) is 7.51. The molecule has 1 aliphatic rings. The number of pyridine rings is 1. The lowest BCUT2D eigenvalue weighted by atomic mass is 10.3. The van der Waals surface area contributed by atoms with Gasteiger partial charge in [-0.3, -0.25) is 0 Å². The first-order valence-electron chi connectivity index (χ1n) is 9.56. The fourth-order valence-electron chi connectivity index (χ4n) is 3.21. The van der Waals surface area contributed by atoms with Gasteiger partial charge in [0.25, 0.3) is 0 Å². The van der Waals surface area contributed by atoms with Gasteiger partial charge in [0, 0.05) is 37.4 Å². The van der Waals surface area contributed by atoms with Crippen molar-refractivity contribution < 1.29 is 8.42 Å². The molecule has 4 rings (SSSR count). The van der Waals surface area contributed by atoms with Gasteiger partial charge in [-0.05, 0) is 48.9 Å². The molecule has 1 saturated heterocycles. The van der Waals surface area contributed by atoms with Crippen LogP contribution >= 0.6 is 23.2 Å². The Bertz CT molecular complexity index is 1170. The summed E-state index contributed by atoms with van der Waals surface area (Å²) < 4.78 is 27.3. The summed E-state index contributed by atoms with van der Waals surface area (Å²) in [6, 6.07) is 11.9. The van der Waals surface area contributed by atoms with Crippen molar-refractivity contribution in [1.29, 1.82) is 0 Å². The van der Waals surface area contributed by atoms with Crippen molar-refractivity contribution in [3.8, 4) is 0 Å². The van der Waals surface area contributed by atoms with Crippen LogP contribution in [0.1, 0.15) is 5.56 Å². The van der Waals surface area contributed by atoms with Gasteiger partial charge in [-0.1, -0.05) is 29.3 Å². The summed E-state index contributed by atoms with van der Waals surface area (Å²) in [5.74, 6) is 1.95. The van der Waals surface area contributed by atoms with Crippen LogP contribution < -0.4 is 10.2 Å². The first kappa shape index (κ1) is 21.8. The standard InChI is InChI=1S/C20H20Cl2N6O2S/c1-14-2-5-18(23-13-14)24-19-6-7-20(26-25-19)27-8-10-28(11-9-27)31(29,30)17-12-15(21)3-4-16(17)22/h2-7,12-13H,8-11H2,1H3,(H,23,24,25). The van der Waals surface area contributed by atoms with E-state index in [1.807, 2.05) is 36.1 Å². The molecule has 3 heterocycles. The number of aromatic nitrogens is 3. The van der Waals surface area contributed by atoms with E-state index in [9.17, 15) is 8.42 Å².